The minimum atomic E-state index is -4.44. The highest BCUT2D eigenvalue weighted by molar-refractivity contribution is 7.91. The Kier molecular flexibility index (Phi) is 5.62. The fourth-order valence-electron chi connectivity index (χ4n) is 5.72. The number of hydrogen-bond donors (Lipinski definition) is 2. The highest BCUT2D eigenvalue weighted by Crippen LogP contribution is 2.45. The molecule has 0 aliphatic heterocycles. The van der Waals surface area contributed by atoms with Gasteiger partial charge in [0.25, 0.3) is 0 Å². The maximum atomic E-state index is 13.5. The Balaban J connectivity index is 1.28. The molecule has 0 spiro atoms. The summed E-state index contributed by atoms with van der Waals surface area (Å²) in [5.74, 6) is -15.0. The van der Waals surface area contributed by atoms with Crippen molar-refractivity contribution in [2.75, 3.05) is 0 Å². The van der Waals surface area contributed by atoms with E-state index in [9.17, 15) is 46.8 Å². The fourth-order valence-corrected chi connectivity index (χ4v) is 7.04. The number of carboxylic acids is 2. The Hall–Kier alpha value is -4.65. The van der Waals surface area contributed by atoms with Gasteiger partial charge in [-0.3, -0.25) is 38.4 Å². The average molecular weight is 579 g/mol. The van der Waals surface area contributed by atoms with Crippen molar-refractivity contribution in [3.63, 3.8) is 0 Å². The number of rotatable bonds is 8. The van der Waals surface area contributed by atoms with Crippen LogP contribution in [0, 0.1) is 35.5 Å². The number of carboxylic acid groups (broad SMARTS) is 2. The number of carbonyl (C=O) groups excluding carboxylic acids is 6. The first-order chi connectivity index (χ1) is 19.2. The first kappa shape index (κ1) is 26.6. The largest absolute Gasteiger partial charge is 0.481 e. The minimum Gasteiger partial charge on any atom is -0.481 e. The molecule has 13 heteroatoms. The zero-order chi connectivity index (χ0) is 29.7. The van der Waals surface area contributed by atoms with E-state index in [0.717, 1.165) is 36.4 Å². The highest BCUT2D eigenvalue weighted by atomic mass is 32.2. The summed E-state index contributed by atoms with van der Waals surface area (Å²) in [6.45, 7) is 0. The van der Waals surface area contributed by atoms with Gasteiger partial charge >= 0.3 is 11.9 Å². The Morgan fingerprint density at radius 2 is 0.902 bits per heavy atom. The van der Waals surface area contributed by atoms with E-state index < -0.39 is 102 Å². The molecule has 6 rings (SSSR count). The summed E-state index contributed by atoms with van der Waals surface area (Å²) in [6, 6.07) is 6.14. The number of fused-ring (bicyclic) bond motifs is 2. The van der Waals surface area contributed by atoms with E-state index in [0.29, 0.717) is 0 Å². The number of aliphatic carboxylic acids is 2. The molecule has 41 heavy (non-hydrogen) atoms. The number of ketones is 6. The maximum absolute atomic E-state index is 13.5. The molecule has 2 fully saturated rings. The molecule has 2 aromatic rings. The molecule has 12 nitrogen and oxygen atoms in total. The smallest absolute Gasteiger partial charge is 0.307 e. The second kappa shape index (κ2) is 8.67. The van der Waals surface area contributed by atoms with Gasteiger partial charge in [-0.2, -0.15) is 0 Å². The topological polar surface area (TPSA) is 211 Å². The monoisotopic (exact) mass is 578 g/mol. The average Bonchev–Trinajstić information content (AvgIpc) is 3.84. The first-order valence-corrected chi connectivity index (χ1v) is 14.0. The van der Waals surface area contributed by atoms with Crippen LogP contribution >= 0.6 is 0 Å². The molecular formula is C28H18O12S. The summed E-state index contributed by atoms with van der Waals surface area (Å²) >= 11 is 0. The molecule has 2 unspecified atom stereocenters. The van der Waals surface area contributed by atoms with Gasteiger partial charge in [0.15, 0.2) is 34.7 Å². The van der Waals surface area contributed by atoms with Crippen LogP contribution in [0.2, 0.25) is 0 Å². The third-order valence-electron chi connectivity index (χ3n) is 8.23. The lowest BCUT2D eigenvalue weighted by atomic mass is 9.94. The van der Waals surface area contributed by atoms with Crippen molar-refractivity contribution in [2.45, 2.75) is 22.6 Å². The minimum absolute atomic E-state index is 0.00794. The van der Waals surface area contributed by atoms with Gasteiger partial charge in [0.2, 0.25) is 9.84 Å². The third-order valence-corrected chi connectivity index (χ3v) is 9.98. The number of Topliss-reactive ketones (excluding diaryl/α,β-unsaturated/α-hetero) is 6. The van der Waals surface area contributed by atoms with Crippen LogP contribution in [-0.4, -0.2) is 65.3 Å². The van der Waals surface area contributed by atoms with Gasteiger partial charge in [-0.05, 0) is 49.2 Å². The molecule has 2 saturated carbocycles. The Morgan fingerprint density at radius 3 is 1.22 bits per heavy atom. The molecule has 208 valence electrons. The molecule has 0 heterocycles. The van der Waals surface area contributed by atoms with E-state index in [-0.39, 0.29) is 35.1 Å². The second-order valence-corrected chi connectivity index (χ2v) is 12.6. The van der Waals surface area contributed by atoms with Crippen molar-refractivity contribution >= 4 is 56.5 Å². The summed E-state index contributed by atoms with van der Waals surface area (Å²) in [7, 11) is -4.44. The summed E-state index contributed by atoms with van der Waals surface area (Å²) < 4.78 is 26.9. The van der Waals surface area contributed by atoms with Crippen LogP contribution < -0.4 is 0 Å². The molecule has 6 atom stereocenters. The van der Waals surface area contributed by atoms with Crippen LogP contribution in [0.25, 0.3) is 0 Å². The SMILES string of the molecule is O=C1c2ccc(S(=O)(=O)c3ccc4c(c3)C(=O)C(C(=O)[C@H]3C[C@@H]3C(=O)O)C4=O)cc2C(=O)C1C(=O)[C@H]1C[C@@H]1C(=O)O. The Morgan fingerprint density at radius 1 is 0.561 bits per heavy atom. The molecule has 0 bridgehead atoms. The second-order valence-electron chi connectivity index (χ2n) is 10.6. The molecular weight excluding hydrogens is 560 g/mol. The molecule has 0 amide bonds. The Bertz CT molecular complexity index is 1690. The van der Waals surface area contributed by atoms with E-state index in [1.807, 2.05) is 0 Å². The first-order valence-electron chi connectivity index (χ1n) is 12.5. The molecule has 0 aromatic heterocycles. The van der Waals surface area contributed by atoms with Crippen LogP contribution in [0.4, 0.5) is 0 Å². The lowest BCUT2D eigenvalue weighted by Crippen LogP contribution is -2.28. The summed E-state index contributed by atoms with van der Waals surface area (Å²) in [5, 5.41) is 18.2. The van der Waals surface area contributed by atoms with E-state index in [4.69, 9.17) is 10.2 Å². The number of benzene rings is 2. The van der Waals surface area contributed by atoms with Crippen LogP contribution in [0.3, 0.4) is 0 Å². The number of carbonyl (C=O) groups is 8. The van der Waals surface area contributed by atoms with Gasteiger partial charge in [0.05, 0.1) is 21.6 Å². The fraction of sp³-hybridized carbons (Fsp3) is 0.286. The van der Waals surface area contributed by atoms with Gasteiger partial charge in [0, 0.05) is 34.1 Å². The summed E-state index contributed by atoms with van der Waals surface area (Å²) in [5.41, 5.74) is -0.957. The Labute approximate surface area is 230 Å². The lowest BCUT2D eigenvalue weighted by Gasteiger charge is -2.08. The summed E-state index contributed by atoms with van der Waals surface area (Å²) in [6.07, 6.45) is 0.0159. The predicted octanol–water partition coefficient (Wildman–Crippen LogP) is 1.09. The lowest BCUT2D eigenvalue weighted by molar-refractivity contribution is -0.140. The van der Waals surface area contributed by atoms with Crippen molar-refractivity contribution in [1.82, 2.24) is 0 Å². The normalized spacial score (nSPS) is 27.8. The van der Waals surface area contributed by atoms with Gasteiger partial charge in [-0.1, -0.05) is 0 Å². The predicted molar refractivity (Wildman–Crippen MR) is 131 cm³/mol. The molecule has 0 saturated heterocycles. The highest BCUT2D eigenvalue weighted by Gasteiger charge is 2.56. The van der Waals surface area contributed by atoms with Crippen molar-refractivity contribution in [3.8, 4) is 0 Å². The van der Waals surface area contributed by atoms with Crippen LogP contribution in [0.1, 0.15) is 54.3 Å². The van der Waals surface area contributed by atoms with Gasteiger partial charge < -0.3 is 10.2 Å². The molecule has 2 N–H and O–H groups in total. The molecule has 0 radical (unpaired) electrons. The van der Waals surface area contributed by atoms with E-state index >= 15 is 0 Å². The maximum Gasteiger partial charge on any atom is 0.307 e. The van der Waals surface area contributed by atoms with Crippen LogP contribution in [-0.2, 0) is 29.0 Å². The van der Waals surface area contributed by atoms with Crippen LogP contribution in [0.5, 0.6) is 0 Å². The van der Waals surface area contributed by atoms with Crippen molar-refractivity contribution in [2.24, 2.45) is 35.5 Å². The molecule has 4 aliphatic rings. The van der Waals surface area contributed by atoms with Gasteiger partial charge in [0.1, 0.15) is 11.8 Å². The standard InChI is InChI=1S/C28H18O12S/c29-21-11-3-1-9(5-13(11)23(31)19(21)25(33)15-7-17(15)27(35)36)41(39,40)10-2-4-12-14(6-10)24(32)20(22(12)30)26(34)16-8-18(16)28(37)38/h1-6,15-20H,7-8H2,(H,35,36)(H,37,38)/t15-,16-,17-,18-,19?,20?/m0/s1. The quantitative estimate of drug-likeness (QED) is 0.422. The molecule has 4 aliphatic carbocycles. The zero-order valence-corrected chi connectivity index (χ0v) is 21.5. The number of hydrogen-bond acceptors (Lipinski definition) is 10. The van der Waals surface area contributed by atoms with Gasteiger partial charge in [-0.15, -0.1) is 0 Å². The van der Waals surface area contributed by atoms with Crippen LogP contribution in [0.15, 0.2) is 46.2 Å². The van der Waals surface area contributed by atoms with Crippen molar-refractivity contribution in [3.05, 3.63) is 58.7 Å². The van der Waals surface area contributed by atoms with E-state index in [1.165, 1.54) is 0 Å². The summed E-state index contributed by atoms with van der Waals surface area (Å²) in [4.78, 5) is 98.4. The van der Waals surface area contributed by atoms with Crippen molar-refractivity contribution in [1.29, 1.82) is 0 Å². The van der Waals surface area contributed by atoms with Gasteiger partial charge in [-0.25, -0.2) is 8.42 Å². The van der Waals surface area contributed by atoms with Crippen molar-refractivity contribution < 1.29 is 57.0 Å². The number of sulfone groups is 1. The van der Waals surface area contributed by atoms with E-state index in [2.05, 4.69) is 0 Å². The zero-order valence-electron chi connectivity index (χ0n) is 20.7. The third kappa shape index (κ3) is 3.83. The molecule has 2 aromatic carbocycles. The van der Waals surface area contributed by atoms with E-state index in [1.54, 1.807) is 0 Å².